The fraction of sp³-hybridized carbons (Fsp3) is 0.517. The van der Waals surface area contributed by atoms with E-state index in [4.69, 9.17) is 19.9 Å². The highest BCUT2D eigenvalue weighted by atomic mass is 16.6. The molecule has 8 nitrogen and oxygen atoms in total. The molecule has 0 unspecified atom stereocenters. The summed E-state index contributed by atoms with van der Waals surface area (Å²) in [5.41, 5.74) is 8.75. The minimum atomic E-state index is -0.524. The molecule has 2 aliphatic heterocycles. The fourth-order valence-electron chi connectivity index (χ4n) is 5.58. The van der Waals surface area contributed by atoms with Crippen molar-refractivity contribution in [3.63, 3.8) is 0 Å². The summed E-state index contributed by atoms with van der Waals surface area (Å²) in [4.78, 5) is 29.9. The first kappa shape index (κ1) is 25.2. The monoisotopic (exact) mass is 507 g/mol. The van der Waals surface area contributed by atoms with Crippen LogP contribution < -0.4 is 20.1 Å². The molecule has 2 fully saturated rings. The van der Waals surface area contributed by atoms with Crippen LogP contribution >= 0.6 is 0 Å². The molecule has 198 valence electrons. The van der Waals surface area contributed by atoms with Crippen LogP contribution in [-0.4, -0.2) is 48.8 Å². The van der Waals surface area contributed by atoms with E-state index in [1.54, 1.807) is 12.0 Å². The Kier molecular flexibility index (Phi) is 6.46. The van der Waals surface area contributed by atoms with Gasteiger partial charge in [0.15, 0.2) is 0 Å². The lowest BCUT2D eigenvalue weighted by molar-refractivity contribution is -0.126. The molecule has 1 aliphatic carbocycles. The minimum absolute atomic E-state index is 0.0829. The SMILES string of the molecule is COc1ccc(CN2C(=O)C3(CCC3)c3cc(N)cc(OC4CCN(C(=O)OC(C)(C)C)CC4)c32)cc1. The van der Waals surface area contributed by atoms with Gasteiger partial charge in [-0.1, -0.05) is 18.6 Å². The Morgan fingerprint density at radius 1 is 1.11 bits per heavy atom. The van der Waals surface area contributed by atoms with Crippen molar-refractivity contribution in [3.05, 3.63) is 47.5 Å². The average Bonchev–Trinajstić information content (AvgIpc) is 3.06. The van der Waals surface area contributed by atoms with Crippen molar-refractivity contribution in [2.24, 2.45) is 0 Å². The number of hydrogen-bond donors (Lipinski definition) is 1. The van der Waals surface area contributed by atoms with Gasteiger partial charge in [-0.25, -0.2) is 4.79 Å². The number of anilines is 2. The molecule has 0 radical (unpaired) electrons. The number of carbonyl (C=O) groups excluding carboxylic acids is 2. The fourth-order valence-corrected chi connectivity index (χ4v) is 5.58. The lowest BCUT2D eigenvalue weighted by atomic mass is 9.65. The third kappa shape index (κ3) is 4.81. The van der Waals surface area contributed by atoms with Crippen LogP contribution in [0.25, 0.3) is 0 Å². The number of hydrogen-bond acceptors (Lipinski definition) is 6. The highest BCUT2D eigenvalue weighted by molar-refractivity contribution is 6.10. The number of rotatable bonds is 5. The summed E-state index contributed by atoms with van der Waals surface area (Å²) in [7, 11) is 1.64. The molecule has 0 atom stereocenters. The van der Waals surface area contributed by atoms with Gasteiger partial charge in [0.25, 0.3) is 0 Å². The van der Waals surface area contributed by atoms with E-state index in [9.17, 15) is 9.59 Å². The number of piperidine rings is 1. The smallest absolute Gasteiger partial charge is 0.410 e. The van der Waals surface area contributed by atoms with Crippen LogP contribution in [0.3, 0.4) is 0 Å². The highest BCUT2D eigenvalue weighted by Gasteiger charge is 2.55. The summed E-state index contributed by atoms with van der Waals surface area (Å²) >= 11 is 0. The van der Waals surface area contributed by atoms with E-state index in [2.05, 4.69) is 0 Å². The molecule has 8 heteroatoms. The van der Waals surface area contributed by atoms with Crippen molar-refractivity contribution >= 4 is 23.4 Å². The summed E-state index contributed by atoms with van der Waals surface area (Å²) in [5, 5.41) is 0. The molecule has 2 amide bonds. The molecule has 1 saturated carbocycles. The van der Waals surface area contributed by atoms with Crippen molar-refractivity contribution in [2.75, 3.05) is 30.8 Å². The summed E-state index contributed by atoms with van der Waals surface area (Å²) < 4.78 is 17.4. The molecule has 1 saturated heterocycles. The molecule has 2 aromatic rings. The molecular formula is C29H37N3O5. The van der Waals surface area contributed by atoms with Gasteiger partial charge in [-0.05, 0) is 62.9 Å². The second-order valence-corrected chi connectivity index (χ2v) is 11.4. The van der Waals surface area contributed by atoms with E-state index in [1.807, 2.05) is 62.1 Å². The number of nitrogen functional groups attached to an aromatic ring is 1. The van der Waals surface area contributed by atoms with E-state index in [0.717, 1.165) is 41.8 Å². The first-order chi connectivity index (χ1) is 17.6. The highest BCUT2D eigenvalue weighted by Crippen LogP contribution is 2.57. The molecule has 2 aromatic carbocycles. The lowest BCUT2D eigenvalue weighted by Gasteiger charge is -2.37. The standard InChI is InChI=1S/C29H37N3O5/c1-28(2,3)37-27(34)31-14-10-22(11-15-31)36-24-17-20(30)16-23-25(24)32(26(33)29(23)12-5-13-29)18-19-6-8-21(35-4)9-7-19/h6-9,16-17,22H,5,10-15,18,30H2,1-4H3. The number of amides is 2. The Morgan fingerprint density at radius 3 is 2.35 bits per heavy atom. The molecular weight excluding hydrogens is 470 g/mol. The molecule has 1 spiro atoms. The third-order valence-electron chi connectivity index (χ3n) is 7.63. The zero-order valence-electron chi connectivity index (χ0n) is 22.2. The summed E-state index contributed by atoms with van der Waals surface area (Å²) in [5.74, 6) is 1.55. The van der Waals surface area contributed by atoms with E-state index in [-0.39, 0.29) is 18.1 Å². The Morgan fingerprint density at radius 2 is 1.78 bits per heavy atom. The maximum atomic E-state index is 13.8. The van der Waals surface area contributed by atoms with Crippen LogP contribution in [0.5, 0.6) is 11.5 Å². The summed E-state index contributed by atoms with van der Waals surface area (Å²) in [6.07, 6.45) is 3.67. The Balaban J connectivity index is 1.38. The van der Waals surface area contributed by atoms with Crippen molar-refractivity contribution in [2.45, 2.75) is 76.5 Å². The average molecular weight is 508 g/mol. The van der Waals surface area contributed by atoms with Crippen LogP contribution in [0.2, 0.25) is 0 Å². The first-order valence-electron chi connectivity index (χ1n) is 13.1. The number of ether oxygens (including phenoxy) is 3. The van der Waals surface area contributed by atoms with Gasteiger partial charge in [0.05, 0.1) is 24.8 Å². The lowest BCUT2D eigenvalue weighted by Crippen LogP contribution is -2.45. The van der Waals surface area contributed by atoms with Crippen molar-refractivity contribution in [3.8, 4) is 11.5 Å². The van der Waals surface area contributed by atoms with Crippen molar-refractivity contribution in [1.29, 1.82) is 0 Å². The van der Waals surface area contributed by atoms with Crippen LogP contribution in [0, 0.1) is 0 Å². The maximum absolute atomic E-state index is 13.8. The quantitative estimate of drug-likeness (QED) is 0.571. The van der Waals surface area contributed by atoms with Gasteiger partial charge in [0.2, 0.25) is 5.91 Å². The third-order valence-corrected chi connectivity index (χ3v) is 7.63. The van der Waals surface area contributed by atoms with E-state index < -0.39 is 11.0 Å². The summed E-state index contributed by atoms with van der Waals surface area (Å²) in [6, 6.07) is 11.6. The molecule has 2 heterocycles. The van der Waals surface area contributed by atoms with Gasteiger partial charge >= 0.3 is 6.09 Å². The number of benzene rings is 2. The van der Waals surface area contributed by atoms with E-state index >= 15 is 0 Å². The molecule has 3 aliphatic rings. The molecule has 5 rings (SSSR count). The number of carbonyl (C=O) groups is 2. The van der Waals surface area contributed by atoms with Gasteiger partial charge in [-0.15, -0.1) is 0 Å². The normalized spacial score (nSPS) is 19.0. The van der Waals surface area contributed by atoms with Crippen LogP contribution in [-0.2, 0) is 21.5 Å². The zero-order chi connectivity index (χ0) is 26.4. The minimum Gasteiger partial charge on any atom is -0.497 e. The van der Waals surface area contributed by atoms with Crippen molar-refractivity contribution < 1.29 is 23.8 Å². The Hall–Kier alpha value is -3.42. The number of fused-ring (bicyclic) bond motifs is 2. The largest absolute Gasteiger partial charge is 0.497 e. The summed E-state index contributed by atoms with van der Waals surface area (Å²) in [6.45, 7) is 7.18. The van der Waals surface area contributed by atoms with Gasteiger partial charge in [-0.2, -0.15) is 0 Å². The Labute approximate surface area is 218 Å². The Bertz CT molecular complexity index is 1180. The zero-order valence-corrected chi connectivity index (χ0v) is 22.2. The van der Waals surface area contributed by atoms with Crippen LogP contribution in [0.15, 0.2) is 36.4 Å². The predicted octanol–water partition coefficient (Wildman–Crippen LogP) is 5.02. The van der Waals surface area contributed by atoms with Gasteiger partial charge in [0.1, 0.15) is 23.2 Å². The van der Waals surface area contributed by atoms with E-state index in [0.29, 0.717) is 43.9 Å². The van der Waals surface area contributed by atoms with Gasteiger partial charge in [0, 0.05) is 37.7 Å². The molecule has 0 bridgehead atoms. The van der Waals surface area contributed by atoms with E-state index in [1.165, 1.54) is 0 Å². The van der Waals surface area contributed by atoms with Crippen molar-refractivity contribution in [1.82, 2.24) is 4.90 Å². The second-order valence-electron chi connectivity index (χ2n) is 11.4. The van der Waals surface area contributed by atoms with Gasteiger partial charge < -0.3 is 29.7 Å². The second kappa shape index (κ2) is 9.47. The number of nitrogens with zero attached hydrogens (tertiary/aromatic N) is 2. The predicted molar refractivity (Wildman–Crippen MR) is 142 cm³/mol. The molecule has 2 N–H and O–H groups in total. The maximum Gasteiger partial charge on any atom is 0.410 e. The van der Waals surface area contributed by atoms with Crippen LogP contribution in [0.1, 0.15) is 64.0 Å². The molecule has 37 heavy (non-hydrogen) atoms. The van der Waals surface area contributed by atoms with Crippen LogP contribution in [0.4, 0.5) is 16.2 Å². The molecule has 0 aromatic heterocycles. The van der Waals surface area contributed by atoms with Gasteiger partial charge in [-0.3, -0.25) is 4.79 Å². The number of likely N-dealkylation sites (tertiary alicyclic amines) is 1. The number of methoxy groups -OCH3 is 1. The number of nitrogens with two attached hydrogens (primary N) is 1. The first-order valence-corrected chi connectivity index (χ1v) is 13.1. The topological polar surface area (TPSA) is 94.3 Å².